The first-order valence-electron chi connectivity index (χ1n) is 14.3. The Morgan fingerprint density at radius 2 is 1.45 bits per heavy atom. The summed E-state index contributed by atoms with van der Waals surface area (Å²) in [6.07, 6.45) is -5.19. The quantitative estimate of drug-likeness (QED) is 0.253. The number of rotatable bonds is 11. The van der Waals surface area contributed by atoms with Crippen LogP contribution < -0.4 is 0 Å². The number of nitriles is 1. The van der Waals surface area contributed by atoms with E-state index in [1.54, 1.807) is 0 Å². The monoisotopic (exact) mass is 566 g/mol. The van der Waals surface area contributed by atoms with Crippen molar-refractivity contribution in [1.29, 1.82) is 5.26 Å². The minimum Gasteiger partial charge on any atom is -0.298 e. The van der Waals surface area contributed by atoms with Crippen molar-refractivity contribution in [3.8, 4) is 6.07 Å². The molecule has 2 aromatic carbocycles. The highest BCUT2D eigenvalue weighted by Crippen LogP contribution is 2.52. The van der Waals surface area contributed by atoms with E-state index < -0.39 is 40.4 Å². The second kappa shape index (κ2) is 13.4. The van der Waals surface area contributed by atoms with E-state index >= 15 is 0 Å². The van der Waals surface area contributed by atoms with Crippen LogP contribution in [0.5, 0.6) is 0 Å². The smallest absolute Gasteiger partial charge is 0.298 e. The van der Waals surface area contributed by atoms with Crippen molar-refractivity contribution in [3.63, 3.8) is 0 Å². The van der Waals surface area contributed by atoms with Crippen molar-refractivity contribution in [1.82, 2.24) is 4.90 Å². The summed E-state index contributed by atoms with van der Waals surface area (Å²) in [5.74, 6) is -0.579. The molecule has 1 fully saturated rings. The van der Waals surface area contributed by atoms with E-state index in [2.05, 4.69) is 11.0 Å². The van der Waals surface area contributed by atoms with Crippen LogP contribution in [0.15, 0.2) is 48.5 Å². The number of halogens is 6. The van der Waals surface area contributed by atoms with Crippen LogP contribution in [0, 0.1) is 17.2 Å². The van der Waals surface area contributed by atoms with Crippen molar-refractivity contribution in [2.24, 2.45) is 5.92 Å². The molecule has 0 amide bonds. The van der Waals surface area contributed by atoms with Gasteiger partial charge in [0.15, 0.2) is 0 Å². The van der Waals surface area contributed by atoms with Crippen molar-refractivity contribution >= 4 is 0 Å². The van der Waals surface area contributed by atoms with Gasteiger partial charge in [-0.1, -0.05) is 62.6 Å². The zero-order chi connectivity index (χ0) is 29.6. The van der Waals surface area contributed by atoms with Gasteiger partial charge in [0, 0.05) is 18.6 Å². The van der Waals surface area contributed by atoms with Crippen molar-refractivity contribution in [2.75, 3.05) is 6.54 Å². The van der Waals surface area contributed by atoms with Crippen LogP contribution in [-0.2, 0) is 24.2 Å². The highest BCUT2D eigenvalue weighted by molar-refractivity contribution is 5.49. The van der Waals surface area contributed by atoms with E-state index in [9.17, 15) is 31.6 Å². The van der Waals surface area contributed by atoms with Crippen LogP contribution in [0.3, 0.4) is 0 Å². The summed E-state index contributed by atoms with van der Waals surface area (Å²) in [6.45, 7) is 6.79. The minimum atomic E-state index is -5.02. The maximum Gasteiger partial charge on any atom is 0.416 e. The van der Waals surface area contributed by atoms with Crippen LogP contribution in [-0.4, -0.2) is 23.5 Å². The Hall–Kier alpha value is -2.53. The second-order valence-electron chi connectivity index (χ2n) is 11.3. The molecule has 0 radical (unpaired) electrons. The predicted molar refractivity (Wildman–Crippen MR) is 146 cm³/mol. The lowest BCUT2D eigenvalue weighted by molar-refractivity contribution is -0.145. The molecule has 1 saturated carbocycles. The molecule has 0 heterocycles. The fraction of sp³-hybridized carbons (Fsp3) is 0.594. The van der Waals surface area contributed by atoms with E-state index in [0.29, 0.717) is 57.2 Å². The molecule has 2 aromatic rings. The number of hydrogen-bond donors (Lipinski definition) is 0. The Labute approximate surface area is 234 Å². The maximum absolute atomic E-state index is 14.3. The van der Waals surface area contributed by atoms with Gasteiger partial charge >= 0.3 is 12.4 Å². The second-order valence-corrected chi connectivity index (χ2v) is 11.3. The Kier molecular flexibility index (Phi) is 10.7. The van der Waals surface area contributed by atoms with E-state index in [0.717, 1.165) is 24.5 Å². The Morgan fingerprint density at radius 1 is 0.875 bits per heavy atom. The fourth-order valence-electron chi connectivity index (χ4n) is 6.60. The molecule has 0 saturated heterocycles. The van der Waals surface area contributed by atoms with Gasteiger partial charge in [0.2, 0.25) is 0 Å². The molecule has 3 rings (SSSR count). The highest BCUT2D eigenvalue weighted by atomic mass is 19.4. The Bertz CT molecular complexity index is 1080. The molecule has 40 heavy (non-hydrogen) atoms. The molecule has 0 spiro atoms. The van der Waals surface area contributed by atoms with Gasteiger partial charge in [-0.05, 0) is 81.5 Å². The summed E-state index contributed by atoms with van der Waals surface area (Å²) in [4.78, 5) is 2.27. The summed E-state index contributed by atoms with van der Waals surface area (Å²) in [5.41, 5.74) is -4.29. The van der Waals surface area contributed by atoms with Crippen LogP contribution in [0.1, 0.15) is 94.4 Å². The van der Waals surface area contributed by atoms with Crippen molar-refractivity contribution in [3.05, 3.63) is 70.8 Å². The lowest BCUT2D eigenvalue weighted by Gasteiger charge is -2.42. The first-order valence-corrected chi connectivity index (χ1v) is 14.3. The molecule has 2 unspecified atom stereocenters. The average molecular weight is 567 g/mol. The molecule has 1 aliphatic carbocycles. The number of nitrogens with zero attached hydrogens (tertiary/aromatic N) is 2. The van der Waals surface area contributed by atoms with Crippen molar-refractivity contribution in [2.45, 2.75) is 108 Å². The van der Waals surface area contributed by atoms with E-state index in [1.165, 1.54) is 0 Å². The van der Waals surface area contributed by atoms with Gasteiger partial charge in [0.25, 0.3) is 0 Å². The minimum absolute atomic E-state index is 0.0581. The molecular formula is C32H40F6N2. The lowest BCUT2D eigenvalue weighted by atomic mass is 9.61. The summed E-state index contributed by atoms with van der Waals surface area (Å²) < 4.78 is 86.0. The van der Waals surface area contributed by atoms with Gasteiger partial charge in [-0.3, -0.25) is 4.90 Å². The number of benzene rings is 2. The summed E-state index contributed by atoms with van der Waals surface area (Å²) in [5, 5.41) is 10.6. The standard InChI is InChI=1S/C32H40F6N2/c1-4-26(40(23(2)3)21-19-24-12-7-5-8-13-24)18-20-30(22-39,25-14-9-6-10-15-25)29-27(31(33,34)35)16-11-17-28(29)32(36,37)38/h5,7-8,11-13,16-17,23,25-26H,4,6,9-10,14-15,18-21H2,1-3H3. The van der Waals surface area contributed by atoms with Crippen LogP contribution in [0.4, 0.5) is 26.3 Å². The molecule has 2 atom stereocenters. The molecule has 0 aliphatic heterocycles. The zero-order valence-electron chi connectivity index (χ0n) is 23.6. The fourth-order valence-corrected chi connectivity index (χ4v) is 6.60. The number of alkyl halides is 6. The average Bonchev–Trinajstić information content (AvgIpc) is 2.92. The van der Waals surface area contributed by atoms with E-state index in [-0.39, 0.29) is 18.5 Å². The molecular weight excluding hydrogens is 526 g/mol. The molecule has 8 heteroatoms. The molecule has 0 aromatic heterocycles. The normalized spacial score (nSPS) is 17.6. The van der Waals surface area contributed by atoms with Gasteiger partial charge in [-0.2, -0.15) is 31.6 Å². The van der Waals surface area contributed by atoms with E-state index in [1.807, 2.05) is 51.1 Å². The third-order valence-corrected chi connectivity index (χ3v) is 8.60. The summed E-state index contributed by atoms with van der Waals surface area (Å²) in [7, 11) is 0. The third kappa shape index (κ3) is 7.40. The molecule has 2 nitrogen and oxygen atoms in total. The number of hydrogen-bond acceptors (Lipinski definition) is 2. The van der Waals surface area contributed by atoms with E-state index in [4.69, 9.17) is 0 Å². The first kappa shape index (κ1) is 32.0. The Balaban J connectivity index is 2.07. The van der Waals surface area contributed by atoms with Crippen LogP contribution in [0.25, 0.3) is 0 Å². The molecule has 0 bridgehead atoms. The highest BCUT2D eigenvalue weighted by Gasteiger charge is 2.51. The topological polar surface area (TPSA) is 27.0 Å². The van der Waals surface area contributed by atoms with Crippen LogP contribution in [0.2, 0.25) is 0 Å². The van der Waals surface area contributed by atoms with Crippen molar-refractivity contribution < 1.29 is 26.3 Å². The van der Waals surface area contributed by atoms with Gasteiger partial charge < -0.3 is 0 Å². The molecule has 1 aliphatic rings. The van der Waals surface area contributed by atoms with Gasteiger partial charge in [0.1, 0.15) is 0 Å². The lowest BCUT2D eigenvalue weighted by Crippen LogP contribution is -2.44. The summed E-state index contributed by atoms with van der Waals surface area (Å²) in [6, 6.07) is 14.3. The molecule has 220 valence electrons. The predicted octanol–water partition coefficient (Wildman–Crippen LogP) is 9.58. The summed E-state index contributed by atoms with van der Waals surface area (Å²) >= 11 is 0. The maximum atomic E-state index is 14.3. The molecule has 0 N–H and O–H groups in total. The zero-order valence-corrected chi connectivity index (χ0v) is 23.6. The largest absolute Gasteiger partial charge is 0.416 e. The SMILES string of the molecule is CCC(CCC(C#N)(c1c(C(F)(F)F)cccc1C(F)(F)F)C1CCCCC1)N(CCc1ccccc1)C(C)C. The third-order valence-electron chi connectivity index (χ3n) is 8.60. The van der Waals surface area contributed by atoms with Gasteiger partial charge in [-0.15, -0.1) is 0 Å². The van der Waals surface area contributed by atoms with Gasteiger partial charge in [-0.25, -0.2) is 0 Å². The Morgan fingerprint density at radius 3 is 1.93 bits per heavy atom. The first-order chi connectivity index (χ1) is 18.8. The van der Waals surface area contributed by atoms with Gasteiger partial charge in [0.05, 0.1) is 22.6 Å². The van der Waals surface area contributed by atoms with Crippen LogP contribution >= 0.6 is 0 Å².